The molecule has 1 unspecified atom stereocenters. The minimum atomic E-state index is 0.917. The van der Waals surface area contributed by atoms with Crippen molar-refractivity contribution in [1.29, 1.82) is 0 Å². The molecular weight excluding hydrogens is 116 g/mol. The largest absolute Gasteiger partial charge is 0.154 e. The molecule has 8 heavy (non-hydrogen) atoms. The van der Waals surface area contributed by atoms with Gasteiger partial charge in [0.05, 0.1) is 0 Å². The van der Waals surface area contributed by atoms with E-state index in [0.29, 0.717) is 0 Å². The molecule has 0 N–H and O–H groups in total. The molecule has 0 aromatic heterocycles. The molecule has 1 atom stereocenters. The summed E-state index contributed by atoms with van der Waals surface area (Å²) in [6, 6.07) is 0. The van der Waals surface area contributed by atoms with E-state index in [2.05, 4.69) is 30.8 Å². The van der Waals surface area contributed by atoms with Gasteiger partial charge >= 0.3 is 0 Å². The Morgan fingerprint density at radius 1 is 1.62 bits per heavy atom. The highest BCUT2D eigenvalue weighted by atomic mass is 32.2. The molecule has 1 heteroatoms. The predicted molar refractivity (Wildman–Crippen MR) is 40.3 cm³/mol. The molecule has 0 spiro atoms. The van der Waals surface area contributed by atoms with Gasteiger partial charge < -0.3 is 0 Å². The van der Waals surface area contributed by atoms with E-state index >= 15 is 0 Å². The zero-order valence-corrected chi connectivity index (χ0v) is 6.08. The molecule has 46 valence electrons. The first kappa shape index (κ1) is 6.21. The van der Waals surface area contributed by atoms with E-state index in [1.54, 1.807) is 0 Å². The van der Waals surface area contributed by atoms with Gasteiger partial charge in [-0.1, -0.05) is 19.1 Å². The zero-order valence-electron chi connectivity index (χ0n) is 5.26. The Morgan fingerprint density at radius 3 is 2.88 bits per heavy atom. The normalized spacial score (nSPS) is 28.4. The molecule has 0 saturated carbocycles. The van der Waals surface area contributed by atoms with Gasteiger partial charge in [-0.15, -0.1) is 0 Å². The number of hydrogen-bond acceptors (Lipinski definition) is 1. The maximum absolute atomic E-state index is 2.30. The smallest absolute Gasteiger partial charge is 0.0116 e. The molecule has 0 aliphatic carbocycles. The fourth-order valence-corrected chi connectivity index (χ4v) is 1.86. The van der Waals surface area contributed by atoms with Crippen LogP contribution in [0.1, 0.15) is 19.8 Å². The van der Waals surface area contributed by atoms with Crippen molar-refractivity contribution in [2.45, 2.75) is 25.0 Å². The van der Waals surface area contributed by atoms with Crippen LogP contribution in [0.4, 0.5) is 0 Å². The Balaban J connectivity index is 2.27. The number of hydrogen-bond donors (Lipinski definition) is 0. The molecule has 1 heterocycles. The molecule has 1 rings (SSSR count). The van der Waals surface area contributed by atoms with Gasteiger partial charge in [-0.25, -0.2) is 0 Å². The van der Waals surface area contributed by atoms with Crippen LogP contribution in [0.5, 0.6) is 0 Å². The summed E-state index contributed by atoms with van der Waals surface area (Å²) in [6.07, 6.45) is 7.18. The van der Waals surface area contributed by atoms with Crippen molar-refractivity contribution in [2.24, 2.45) is 0 Å². The van der Waals surface area contributed by atoms with Crippen molar-refractivity contribution in [3.05, 3.63) is 12.2 Å². The molecule has 0 bridgehead atoms. The summed E-state index contributed by atoms with van der Waals surface area (Å²) in [6.45, 7) is 2.26. The zero-order chi connectivity index (χ0) is 5.82. The molecule has 0 nitrogen and oxygen atoms in total. The summed E-state index contributed by atoms with van der Waals surface area (Å²) in [7, 11) is 0. The van der Waals surface area contributed by atoms with Crippen LogP contribution in [0.25, 0.3) is 0 Å². The molecule has 0 amide bonds. The van der Waals surface area contributed by atoms with Crippen LogP contribution in [0.3, 0.4) is 0 Å². The van der Waals surface area contributed by atoms with Crippen LogP contribution in [0.2, 0.25) is 0 Å². The van der Waals surface area contributed by atoms with Gasteiger partial charge in [0, 0.05) is 11.0 Å². The van der Waals surface area contributed by atoms with E-state index in [9.17, 15) is 0 Å². The predicted octanol–water partition coefficient (Wildman–Crippen LogP) is 2.46. The fraction of sp³-hybridized carbons (Fsp3) is 0.714. The SMILES string of the molecule is CCC1CC=CCS1. The monoisotopic (exact) mass is 128 g/mol. The Bertz CT molecular complexity index is 86.4. The summed E-state index contributed by atoms with van der Waals surface area (Å²) in [5, 5.41) is 0.917. The average molecular weight is 128 g/mol. The second-order valence-electron chi connectivity index (χ2n) is 2.07. The number of thioether (sulfide) groups is 1. The molecule has 0 saturated heterocycles. The van der Waals surface area contributed by atoms with Gasteiger partial charge in [-0.3, -0.25) is 0 Å². The van der Waals surface area contributed by atoms with Crippen LogP contribution in [0, 0.1) is 0 Å². The summed E-state index contributed by atoms with van der Waals surface area (Å²) >= 11 is 2.08. The molecule has 1 aliphatic heterocycles. The minimum Gasteiger partial charge on any atom is -0.154 e. The van der Waals surface area contributed by atoms with Crippen molar-refractivity contribution in [1.82, 2.24) is 0 Å². The maximum atomic E-state index is 2.30. The number of allylic oxidation sites excluding steroid dienone is 1. The van der Waals surface area contributed by atoms with Gasteiger partial charge in [0.1, 0.15) is 0 Å². The van der Waals surface area contributed by atoms with Crippen molar-refractivity contribution in [3.63, 3.8) is 0 Å². The van der Waals surface area contributed by atoms with E-state index in [1.807, 2.05) is 0 Å². The highest BCUT2D eigenvalue weighted by molar-refractivity contribution is 8.00. The van der Waals surface area contributed by atoms with Crippen molar-refractivity contribution >= 4 is 11.8 Å². The maximum Gasteiger partial charge on any atom is 0.0116 e. The van der Waals surface area contributed by atoms with Crippen LogP contribution in [-0.2, 0) is 0 Å². The first-order valence-corrected chi connectivity index (χ1v) is 4.25. The van der Waals surface area contributed by atoms with Crippen LogP contribution >= 0.6 is 11.8 Å². The highest BCUT2D eigenvalue weighted by Gasteiger charge is 2.05. The second kappa shape index (κ2) is 3.18. The van der Waals surface area contributed by atoms with Gasteiger partial charge in [-0.05, 0) is 12.8 Å². The lowest BCUT2D eigenvalue weighted by Gasteiger charge is -2.13. The summed E-state index contributed by atoms with van der Waals surface area (Å²) in [5.41, 5.74) is 0. The molecule has 1 aliphatic rings. The standard InChI is InChI=1S/C7H12S/c1-2-7-5-3-4-6-8-7/h3-4,7H,2,5-6H2,1H3. The molecule has 0 aromatic carbocycles. The number of rotatable bonds is 1. The first-order valence-electron chi connectivity index (χ1n) is 3.20. The quantitative estimate of drug-likeness (QED) is 0.489. The Morgan fingerprint density at radius 2 is 2.50 bits per heavy atom. The minimum absolute atomic E-state index is 0.917. The lowest BCUT2D eigenvalue weighted by Crippen LogP contribution is -2.02. The first-order chi connectivity index (χ1) is 3.93. The van der Waals surface area contributed by atoms with Gasteiger partial charge in [0.15, 0.2) is 0 Å². The van der Waals surface area contributed by atoms with Crippen molar-refractivity contribution in [3.8, 4) is 0 Å². The highest BCUT2D eigenvalue weighted by Crippen LogP contribution is 2.22. The van der Waals surface area contributed by atoms with Crippen LogP contribution in [-0.4, -0.2) is 11.0 Å². The van der Waals surface area contributed by atoms with Crippen LogP contribution < -0.4 is 0 Å². The lowest BCUT2D eigenvalue weighted by molar-refractivity contribution is 0.830. The Kier molecular flexibility index (Phi) is 2.47. The van der Waals surface area contributed by atoms with Gasteiger partial charge in [0.2, 0.25) is 0 Å². The van der Waals surface area contributed by atoms with Crippen molar-refractivity contribution < 1.29 is 0 Å². The van der Waals surface area contributed by atoms with Crippen LogP contribution in [0.15, 0.2) is 12.2 Å². The lowest BCUT2D eigenvalue weighted by atomic mass is 10.2. The Hall–Kier alpha value is 0.0900. The Labute approximate surface area is 55.4 Å². The van der Waals surface area contributed by atoms with Gasteiger partial charge in [-0.2, -0.15) is 11.8 Å². The summed E-state index contributed by atoms with van der Waals surface area (Å²) in [4.78, 5) is 0. The third-order valence-corrected chi connectivity index (χ3v) is 2.83. The van der Waals surface area contributed by atoms with Gasteiger partial charge in [0.25, 0.3) is 0 Å². The fourth-order valence-electron chi connectivity index (χ4n) is 0.860. The second-order valence-corrected chi connectivity index (χ2v) is 3.40. The van der Waals surface area contributed by atoms with Crippen molar-refractivity contribution in [2.75, 3.05) is 5.75 Å². The third kappa shape index (κ3) is 1.55. The third-order valence-electron chi connectivity index (χ3n) is 1.45. The summed E-state index contributed by atoms with van der Waals surface area (Å²) < 4.78 is 0. The van der Waals surface area contributed by atoms with E-state index in [1.165, 1.54) is 18.6 Å². The van der Waals surface area contributed by atoms with E-state index < -0.39 is 0 Å². The molecular formula is C7H12S. The van der Waals surface area contributed by atoms with E-state index in [-0.39, 0.29) is 0 Å². The molecule has 0 aromatic rings. The average Bonchev–Trinajstić information content (AvgIpc) is 1.90. The molecule has 0 fully saturated rings. The topological polar surface area (TPSA) is 0 Å². The molecule has 0 radical (unpaired) electrons. The van der Waals surface area contributed by atoms with E-state index in [0.717, 1.165) is 5.25 Å². The summed E-state index contributed by atoms with van der Waals surface area (Å²) in [5.74, 6) is 1.23. The van der Waals surface area contributed by atoms with E-state index in [4.69, 9.17) is 0 Å².